The Hall–Kier alpha value is -1.30. The van der Waals surface area contributed by atoms with Gasteiger partial charge in [-0.2, -0.15) is 0 Å². The van der Waals surface area contributed by atoms with Crippen LogP contribution < -0.4 is 0 Å². The van der Waals surface area contributed by atoms with Crippen molar-refractivity contribution in [3.8, 4) is 0 Å². The SMILES string of the molecule is CCC1CCN(C(=O)N2CCC(CCO)C2)C(C(=O)O)C1. The Kier molecular flexibility index (Phi) is 5.45. The van der Waals surface area contributed by atoms with Gasteiger partial charge in [0.15, 0.2) is 0 Å². The number of carbonyl (C=O) groups is 2. The van der Waals surface area contributed by atoms with Crippen molar-refractivity contribution >= 4 is 12.0 Å². The number of rotatable bonds is 4. The summed E-state index contributed by atoms with van der Waals surface area (Å²) in [5.74, 6) is -0.154. The molecule has 0 saturated carbocycles. The lowest BCUT2D eigenvalue weighted by Gasteiger charge is -2.38. The predicted molar refractivity (Wildman–Crippen MR) is 77.9 cm³/mol. The molecular weight excluding hydrogens is 272 g/mol. The van der Waals surface area contributed by atoms with Gasteiger partial charge in [-0.1, -0.05) is 13.3 Å². The fourth-order valence-corrected chi connectivity index (χ4v) is 3.48. The first-order chi connectivity index (χ1) is 10.1. The van der Waals surface area contributed by atoms with Crippen molar-refractivity contribution in [3.63, 3.8) is 0 Å². The zero-order valence-corrected chi connectivity index (χ0v) is 12.7. The zero-order valence-electron chi connectivity index (χ0n) is 12.7. The highest BCUT2D eigenvalue weighted by molar-refractivity contribution is 5.83. The summed E-state index contributed by atoms with van der Waals surface area (Å²) in [6.07, 6.45) is 4.03. The van der Waals surface area contributed by atoms with Crippen LogP contribution in [0.4, 0.5) is 4.79 Å². The molecule has 0 bridgehead atoms. The number of hydrogen-bond donors (Lipinski definition) is 2. The van der Waals surface area contributed by atoms with Crippen molar-refractivity contribution in [1.82, 2.24) is 9.80 Å². The van der Waals surface area contributed by atoms with E-state index in [4.69, 9.17) is 5.11 Å². The van der Waals surface area contributed by atoms with Gasteiger partial charge in [0.2, 0.25) is 0 Å². The van der Waals surface area contributed by atoms with Gasteiger partial charge < -0.3 is 20.0 Å². The van der Waals surface area contributed by atoms with Crippen LogP contribution in [0.15, 0.2) is 0 Å². The third-order valence-corrected chi connectivity index (χ3v) is 4.91. The van der Waals surface area contributed by atoms with Gasteiger partial charge in [0, 0.05) is 26.2 Å². The lowest BCUT2D eigenvalue weighted by Crippen LogP contribution is -2.54. The standard InChI is InChI=1S/C15H26N2O4/c1-2-11-4-7-17(13(9-11)14(19)20)15(21)16-6-3-12(10-16)5-8-18/h11-13,18H,2-10H2,1H3,(H,19,20). The molecule has 6 heteroatoms. The van der Waals surface area contributed by atoms with Crippen LogP contribution in [-0.2, 0) is 4.79 Å². The normalized spacial score (nSPS) is 29.7. The zero-order chi connectivity index (χ0) is 15.4. The summed E-state index contributed by atoms with van der Waals surface area (Å²) in [6, 6.07) is -0.828. The summed E-state index contributed by atoms with van der Waals surface area (Å²) in [7, 11) is 0. The molecule has 2 rings (SSSR count). The summed E-state index contributed by atoms with van der Waals surface area (Å²) in [6.45, 7) is 4.06. The van der Waals surface area contributed by atoms with Crippen LogP contribution in [0.1, 0.15) is 39.0 Å². The Balaban J connectivity index is 1.99. The van der Waals surface area contributed by atoms with E-state index in [0.717, 1.165) is 19.3 Å². The topological polar surface area (TPSA) is 81.1 Å². The molecule has 3 unspecified atom stereocenters. The molecule has 0 radical (unpaired) electrons. The van der Waals surface area contributed by atoms with Gasteiger partial charge in [0.1, 0.15) is 6.04 Å². The van der Waals surface area contributed by atoms with Gasteiger partial charge in [0.25, 0.3) is 0 Å². The number of urea groups is 1. The molecule has 0 aromatic carbocycles. The summed E-state index contributed by atoms with van der Waals surface area (Å²) < 4.78 is 0. The predicted octanol–water partition coefficient (Wildman–Crippen LogP) is 1.39. The van der Waals surface area contributed by atoms with Crippen molar-refractivity contribution in [3.05, 3.63) is 0 Å². The molecular formula is C15H26N2O4. The first-order valence-corrected chi connectivity index (χ1v) is 7.96. The van der Waals surface area contributed by atoms with E-state index in [0.29, 0.717) is 44.3 Å². The van der Waals surface area contributed by atoms with Crippen LogP contribution in [0, 0.1) is 11.8 Å². The number of nitrogens with zero attached hydrogens (tertiary/aromatic N) is 2. The highest BCUT2D eigenvalue weighted by atomic mass is 16.4. The lowest BCUT2D eigenvalue weighted by atomic mass is 9.89. The fourth-order valence-electron chi connectivity index (χ4n) is 3.48. The van der Waals surface area contributed by atoms with Crippen molar-refractivity contribution in [2.24, 2.45) is 11.8 Å². The monoisotopic (exact) mass is 298 g/mol. The molecule has 21 heavy (non-hydrogen) atoms. The van der Waals surface area contributed by atoms with Crippen LogP contribution in [0.25, 0.3) is 0 Å². The number of carboxylic acids is 1. The van der Waals surface area contributed by atoms with Crippen LogP contribution >= 0.6 is 0 Å². The number of hydrogen-bond acceptors (Lipinski definition) is 3. The highest BCUT2D eigenvalue weighted by Crippen LogP contribution is 2.28. The minimum Gasteiger partial charge on any atom is -0.480 e. The van der Waals surface area contributed by atoms with Gasteiger partial charge in [0.05, 0.1) is 0 Å². The summed E-state index contributed by atoms with van der Waals surface area (Å²) in [4.78, 5) is 27.3. The molecule has 2 aliphatic rings. The smallest absolute Gasteiger partial charge is 0.326 e. The average molecular weight is 298 g/mol. The van der Waals surface area contributed by atoms with Gasteiger partial charge >= 0.3 is 12.0 Å². The van der Waals surface area contributed by atoms with Crippen LogP contribution in [0.2, 0.25) is 0 Å². The highest BCUT2D eigenvalue weighted by Gasteiger charge is 2.39. The van der Waals surface area contributed by atoms with E-state index < -0.39 is 12.0 Å². The molecule has 2 amide bonds. The number of aliphatic carboxylic acids is 1. The first-order valence-electron chi connectivity index (χ1n) is 7.96. The number of amides is 2. The molecule has 2 aliphatic heterocycles. The summed E-state index contributed by atoms with van der Waals surface area (Å²) >= 11 is 0. The molecule has 0 aliphatic carbocycles. The largest absolute Gasteiger partial charge is 0.480 e. The maximum absolute atomic E-state index is 12.6. The molecule has 3 atom stereocenters. The van der Waals surface area contributed by atoms with Crippen LogP contribution in [0.3, 0.4) is 0 Å². The van der Waals surface area contributed by atoms with Crippen molar-refractivity contribution < 1.29 is 19.8 Å². The maximum Gasteiger partial charge on any atom is 0.326 e. The Morgan fingerprint density at radius 1 is 1.19 bits per heavy atom. The Labute approximate surface area is 125 Å². The molecule has 120 valence electrons. The minimum atomic E-state index is -0.896. The Bertz CT molecular complexity index is 388. The van der Waals surface area contributed by atoms with E-state index in [2.05, 4.69) is 6.92 Å². The lowest BCUT2D eigenvalue weighted by molar-refractivity contribution is -0.144. The number of aliphatic hydroxyl groups excluding tert-OH is 1. The Morgan fingerprint density at radius 2 is 1.90 bits per heavy atom. The summed E-state index contributed by atoms with van der Waals surface area (Å²) in [5, 5.41) is 18.4. The molecule has 0 spiro atoms. The quantitative estimate of drug-likeness (QED) is 0.821. The molecule has 0 aromatic rings. The molecule has 2 saturated heterocycles. The molecule has 6 nitrogen and oxygen atoms in total. The maximum atomic E-state index is 12.6. The number of likely N-dealkylation sites (tertiary alicyclic amines) is 2. The molecule has 2 N–H and O–H groups in total. The second-order valence-corrected chi connectivity index (χ2v) is 6.24. The second-order valence-electron chi connectivity index (χ2n) is 6.24. The molecule has 2 heterocycles. The number of carbonyl (C=O) groups excluding carboxylic acids is 1. The first kappa shape index (κ1) is 16.1. The average Bonchev–Trinajstić information content (AvgIpc) is 2.94. The molecule has 2 fully saturated rings. The molecule has 0 aromatic heterocycles. The van der Waals surface area contributed by atoms with E-state index in [1.54, 1.807) is 4.90 Å². The third kappa shape index (κ3) is 3.67. The van der Waals surface area contributed by atoms with E-state index in [-0.39, 0.29) is 12.6 Å². The van der Waals surface area contributed by atoms with Gasteiger partial charge in [-0.3, -0.25) is 0 Å². The van der Waals surface area contributed by atoms with E-state index in [1.807, 2.05) is 0 Å². The van der Waals surface area contributed by atoms with Crippen LogP contribution in [0.5, 0.6) is 0 Å². The number of aliphatic hydroxyl groups is 1. The van der Waals surface area contributed by atoms with Crippen molar-refractivity contribution in [1.29, 1.82) is 0 Å². The fraction of sp³-hybridized carbons (Fsp3) is 0.867. The number of carboxylic acid groups (broad SMARTS) is 1. The Morgan fingerprint density at radius 3 is 2.52 bits per heavy atom. The van der Waals surface area contributed by atoms with Crippen molar-refractivity contribution in [2.75, 3.05) is 26.2 Å². The summed E-state index contributed by atoms with van der Waals surface area (Å²) in [5.41, 5.74) is 0. The van der Waals surface area contributed by atoms with Gasteiger partial charge in [-0.05, 0) is 37.5 Å². The van der Waals surface area contributed by atoms with Crippen molar-refractivity contribution in [2.45, 2.75) is 45.1 Å². The third-order valence-electron chi connectivity index (χ3n) is 4.91. The number of piperidine rings is 1. The second kappa shape index (κ2) is 7.11. The van der Waals surface area contributed by atoms with E-state index >= 15 is 0 Å². The van der Waals surface area contributed by atoms with E-state index in [9.17, 15) is 14.7 Å². The van der Waals surface area contributed by atoms with E-state index in [1.165, 1.54) is 4.90 Å². The van der Waals surface area contributed by atoms with Crippen LogP contribution in [-0.4, -0.2) is 64.3 Å². The van der Waals surface area contributed by atoms with Gasteiger partial charge in [-0.25, -0.2) is 9.59 Å². The minimum absolute atomic E-state index is 0.141. The van der Waals surface area contributed by atoms with Gasteiger partial charge in [-0.15, -0.1) is 0 Å².